The van der Waals surface area contributed by atoms with Gasteiger partial charge in [-0.05, 0) is 18.4 Å². The maximum Gasteiger partial charge on any atom is 0.0720 e. The molecule has 0 saturated heterocycles. The molecule has 1 aliphatic rings. The first-order chi connectivity index (χ1) is 7.27. The van der Waals surface area contributed by atoms with Gasteiger partial charge in [0.15, 0.2) is 0 Å². The van der Waals surface area contributed by atoms with Crippen LogP contribution in [0.3, 0.4) is 0 Å². The van der Waals surface area contributed by atoms with Gasteiger partial charge in [0.05, 0.1) is 18.8 Å². The Morgan fingerprint density at radius 1 is 1.27 bits per heavy atom. The molecular formula is C13H18O2. The van der Waals surface area contributed by atoms with Crippen LogP contribution >= 0.6 is 0 Å². The van der Waals surface area contributed by atoms with Gasteiger partial charge in [0.2, 0.25) is 0 Å². The van der Waals surface area contributed by atoms with Crippen LogP contribution in [0.15, 0.2) is 30.3 Å². The van der Waals surface area contributed by atoms with Gasteiger partial charge in [-0.25, -0.2) is 0 Å². The minimum Gasteiger partial charge on any atom is -0.393 e. The first-order valence-corrected chi connectivity index (χ1v) is 5.61. The van der Waals surface area contributed by atoms with Crippen molar-refractivity contribution in [2.24, 2.45) is 5.92 Å². The molecule has 0 radical (unpaired) electrons. The van der Waals surface area contributed by atoms with Crippen LogP contribution in [-0.4, -0.2) is 17.3 Å². The molecule has 1 saturated carbocycles. The molecule has 1 N–H and O–H groups in total. The van der Waals surface area contributed by atoms with Crippen molar-refractivity contribution in [3.63, 3.8) is 0 Å². The molecule has 2 nitrogen and oxygen atoms in total. The maximum atomic E-state index is 9.59. The van der Waals surface area contributed by atoms with Crippen LogP contribution in [0.1, 0.15) is 25.3 Å². The van der Waals surface area contributed by atoms with E-state index in [1.165, 1.54) is 5.56 Å². The SMILES string of the molecule is C[C@H]1[C@H](O)CC[C@@H]1OCc1ccccc1. The molecular weight excluding hydrogens is 188 g/mol. The Morgan fingerprint density at radius 2 is 2.00 bits per heavy atom. The molecule has 2 heteroatoms. The fraction of sp³-hybridized carbons (Fsp3) is 0.538. The van der Waals surface area contributed by atoms with Gasteiger partial charge in [-0.15, -0.1) is 0 Å². The predicted octanol–water partition coefficient (Wildman–Crippen LogP) is 2.36. The van der Waals surface area contributed by atoms with Crippen LogP contribution in [0.5, 0.6) is 0 Å². The van der Waals surface area contributed by atoms with Crippen molar-refractivity contribution in [2.75, 3.05) is 0 Å². The van der Waals surface area contributed by atoms with Crippen molar-refractivity contribution >= 4 is 0 Å². The van der Waals surface area contributed by atoms with E-state index >= 15 is 0 Å². The smallest absolute Gasteiger partial charge is 0.0720 e. The second-order valence-electron chi connectivity index (χ2n) is 4.34. The summed E-state index contributed by atoms with van der Waals surface area (Å²) in [5, 5.41) is 9.59. The molecule has 0 unspecified atom stereocenters. The summed E-state index contributed by atoms with van der Waals surface area (Å²) >= 11 is 0. The van der Waals surface area contributed by atoms with E-state index in [9.17, 15) is 5.11 Å². The van der Waals surface area contributed by atoms with E-state index in [1.807, 2.05) is 18.2 Å². The topological polar surface area (TPSA) is 29.5 Å². The van der Waals surface area contributed by atoms with Crippen LogP contribution < -0.4 is 0 Å². The highest BCUT2D eigenvalue weighted by Gasteiger charge is 2.31. The fourth-order valence-electron chi connectivity index (χ4n) is 2.12. The second kappa shape index (κ2) is 4.77. The van der Waals surface area contributed by atoms with E-state index < -0.39 is 0 Å². The zero-order valence-electron chi connectivity index (χ0n) is 9.10. The van der Waals surface area contributed by atoms with Gasteiger partial charge in [0.25, 0.3) is 0 Å². The van der Waals surface area contributed by atoms with Crippen molar-refractivity contribution in [1.29, 1.82) is 0 Å². The summed E-state index contributed by atoms with van der Waals surface area (Å²) in [4.78, 5) is 0. The quantitative estimate of drug-likeness (QED) is 0.822. The number of aliphatic hydroxyl groups is 1. The largest absolute Gasteiger partial charge is 0.393 e. The van der Waals surface area contributed by atoms with Gasteiger partial charge < -0.3 is 9.84 Å². The van der Waals surface area contributed by atoms with Gasteiger partial charge in [0, 0.05) is 5.92 Å². The normalized spacial score (nSPS) is 30.7. The second-order valence-corrected chi connectivity index (χ2v) is 4.34. The van der Waals surface area contributed by atoms with Crippen molar-refractivity contribution < 1.29 is 9.84 Å². The lowest BCUT2D eigenvalue weighted by Gasteiger charge is -2.18. The highest BCUT2D eigenvalue weighted by atomic mass is 16.5. The number of hydrogen-bond acceptors (Lipinski definition) is 2. The Labute approximate surface area is 90.9 Å². The minimum absolute atomic E-state index is 0.175. The molecule has 1 aromatic rings. The Kier molecular flexibility index (Phi) is 3.39. The molecule has 0 spiro atoms. The van der Waals surface area contributed by atoms with Gasteiger partial charge >= 0.3 is 0 Å². The Hall–Kier alpha value is -0.860. The summed E-state index contributed by atoms with van der Waals surface area (Å²) in [5.41, 5.74) is 1.20. The van der Waals surface area contributed by atoms with Gasteiger partial charge in [0.1, 0.15) is 0 Å². The van der Waals surface area contributed by atoms with E-state index in [-0.39, 0.29) is 18.1 Å². The van der Waals surface area contributed by atoms with E-state index in [4.69, 9.17) is 4.74 Å². The van der Waals surface area contributed by atoms with Crippen LogP contribution in [-0.2, 0) is 11.3 Å². The molecule has 15 heavy (non-hydrogen) atoms. The fourth-order valence-corrected chi connectivity index (χ4v) is 2.12. The third kappa shape index (κ3) is 2.58. The third-order valence-corrected chi connectivity index (χ3v) is 3.25. The molecule has 0 aromatic heterocycles. The summed E-state index contributed by atoms with van der Waals surface area (Å²) in [6.45, 7) is 2.72. The maximum absolute atomic E-state index is 9.59. The predicted molar refractivity (Wildman–Crippen MR) is 59.4 cm³/mol. The summed E-state index contributed by atoms with van der Waals surface area (Å²) in [6.07, 6.45) is 1.90. The Balaban J connectivity index is 1.84. The van der Waals surface area contributed by atoms with Crippen LogP contribution in [0.25, 0.3) is 0 Å². The lowest BCUT2D eigenvalue weighted by atomic mass is 10.1. The van der Waals surface area contributed by atoms with E-state index in [2.05, 4.69) is 19.1 Å². The highest BCUT2D eigenvalue weighted by molar-refractivity contribution is 5.13. The first-order valence-electron chi connectivity index (χ1n) is 5.61. The lowest BCUT2D eigenvalue weighted by molar-refractivity contribution is -0.000328. The molecule has 0 amide bonds. The molecule has 0 heterocycles. The number of hydrogen-bond donors (Lipinski definition) is 1. The number of rotatable bonds is 3. The summed E-state index contributed by atoms with van der Waals surface area (Å²) < 4.78 is 5.81. The van der Waals surface area contributed by atoms with Crippen molar-refractivity contribution in [3.8, 4) is 0 Å². The monoisotopic (exact) mass is 206 g/mol. The summed E-state index contributed by atoms with van der Waals surface area (Å²) in [7, 11) is 0. The van der Waals surface area contributed by atoms with E-state index in [0.717, 1.165) is 12.8 Å². The molecule has 1 aliphatic carbocycles. The van der Waals surface area contributed by atoms with Crippen molar-refractivity contribution in [3.05, 3.63) is 35.9 Å². The van der Waals surface area contributed by atoms with Crippen LogP contribution in [0.2, 0.25) is 0 Å². The number of aliphatic hydroxyl groups excluding tert-OH is 1. The van der Waals surface area contributed by atoms with Crippen molar-refractivity contribution in [1.82, 2.24) is 0 Å². The Morgan fingerprint density at radius 3 is 2.60 bits per heavy atom. The van der Waals surface area contributed by atoms with Crippen LogP contribution in [0.4, 0.5) is 0 Å². The summed E-state index contributed by atoms with van der Waals surface area (Å²) in [5.74, 6) is 0.272. The zero-order valence-corrected chi connectivity index (χ0v) is 9.10. The molecule has 1 aromatic carbocycles. The minimum atomic E-state index is -0.175. The van der Waals surface area contributed by atoms with E-state index in [0.29, 0.717) is 6.61 Å². The van der Waals surface area contributed by atoms with Crippen LogP contribution in [0, 0.1) is 5.92 Å². The van der Waals surface area contributed by atoms with Gasteiger partial charge in [-0.2, -0.15) is 0 Å². The van der Waals surface area contributed by atoms with Gasteiger partial charge in [-0.3, -0.25) is 0 Å². The standard InChI is InChI=1S/C13H18O2/c1-10-12(14)7-8-13(10)15-9-11-5-3-2-4-6-11/h2-6,10,12-14H,7-9H2,1H3/t10-,12+,13-/m0/s1. The number of ether oxygens (including phenoxy) is 1. The molecule has 0 bridgehead atoms. The molecule has 1 fully saturated rings. The average Bonchev–Trinajstić information content (AvgIpc) is 2.59. The Bertz CT molecular complexity index is 297. The molecule has 2 rings (SSSR count). The lowest BCUT2D eigenvalue weighted by Crippen LogP contribution is -2.22. The summed E-state index contributed by atoms with van der Waals surface area (Å²) in [6, 6.07) is 10.2. The van der Waals surface area contributed by atoms with Crippen molar-refractivity contribution in [2.45, 2.75) is 38.6 Å². The first kappa shape index (κ1) is 10.7. The average molecular weight is 206 g/mol. The molecule has 82 valence electrons. The van der Waals surface area contributed by atoms with Gasteiger partial charge in [-0.1, -0.05) is 37.3 Å². The molecule has 0 aliphatic heterocycles. The highest BCUT2D eigenvalue weighted by Crippen LogP contribution is 2.28. The van der Waals surface area contributed by atoms with E-state index in [1.54, 1.807) is 0 Å². The third-order valence-electron chi connectivity index (χ3n) is 3.25. The number of benzene rings is 1. The zero-order chi connectivity index (χ0) is 10.7. The molecule has 3 atom stereocenters.